The number of aromatic nitrogens is 2. The molecule has 0 saturated heterocycles. The minimum absolute atomic E-state index is 0.322. The lowest BCUT2D eigenvalue weighted by molar-refractivity contribution is 0.442. The van der Waals surface area contributed by atoms with Crippen molar-refractivity contribution in [3.05, 3.63) is 84.1 Å². The van der Waals surface area contributed by atoms with Crippen molar-refractivity contribution in [2.75, 3.05) is 0 Å². The van der Waals surface area contributed by atoms with E-state index in [4.69, 9.17) is 16.3 Å². The van der Waals surface area contributed by atoms with Gasteiger partial charge in [-0.2, -0.15) is 0 Å². The molecule has 3 aromatic carbocycles. The average molecular weight is 333 g/mol. The van der Waals surface area contributed by atoms with Crippen molar-refractivity contribution in [3.8, 4) is 22.9 Å². The van der Waals surface area contributed by atoms with Crippen molar-refractivity contribution < 1.29 is 4.74 Å². The lowest BCUT2D eigenvalue weighted by atomic mass is 10.1. The van der Waals surface area contributed by atoms with Crippen molar-refractivity contribution in [1.29, 1.82) is 0 Å². The third-order valence-electron chi connectivity index (χ3n) is 3.74. The summed E-state index contributed by atoms with van der Waals surface area (Å²) in [5.74, 6) is 0.716. The van der Waals surface area contributed by atoms with E-state index in [0.717, 1.165) is 16.5 Å². The Labute approximate surface area is 144 Å². The van der Waals surface area contributed by atoms with Gasteiger partial charge >= 0.3 is 6.01 Å². The van der Waals surface area contributed by atoms with Crippen LogP contribution in [0.2, 0.25) is 5.02 Å². The van der Waals surface area contributed by atoms with E-state index in [1.54, 1.807) is 12.4 Å². The smallest absolute Gasteiger partial charge is 0.321 e. The van der Waals surface area contributed by atoms with Crippen LogP contribution in [0.4, 0.5) is 0 Å². The molecule has 1 heterocycles. The fourth-order valence-corrected chi connectivity index (χ4v) is 2.62. The zero-order valence-corrected chi connectivity index (χ0v) is 13.4. The summed E-state index contributed by atoms with van der Waals surface area (Å²) in [7, 11) is 0. The summed E-state index contributed by atoms with van der Waals surface area (Å²) in [6.07, 6.45) is 3.49. The fourth-order valence-electron chi connectivity index (χ4n) is 2.50. The average Bonchev–Trinajstić information content (AvgIpc) is 2.63. The molecule has 0 spiro atoms. The number of ether oxygens (including phenoxy) is 1. The summed E-state index contributed by atoms with van der Waals surface area (Å²) in [6.45, 7) is 0. The van der Waals surface area contributed by atoms with E-state index in [2.05, 4.69) is 16.0 Å². The number of hydrogen-bond donors (Lipinski definition) is 0. The van der Waals surface area contributed by atoms with E-state index in [1.165, 1.54) is 5.39 Å². The molecule has 3 nitrogen and oxygen atoms in total. The molecular weight excluding hydrogens is 320 g/mol. The third-order valence-corrected chi connectivity index (χ3v) is 3.99. The van der Waals surface area contributed by atoms with E-state index < -0.39 is 0 Å². The molecule has 0 aliphatic rings. The van der Waals surface area contributed by atoms with E-state index >= 15 is 0 Å². The molecule has 0 bridgehead atoms. The van der Waals surface area contributed by atoms with E-state index in [0.29, 0.717) is 16.8 Å². The molecule has 0 fully saturated rings. The summed E-state index contributed by atoms with van der Waals surface area (Å²) in [6, 6.07) is 21.9. The number of rotatable bonds is 3. The first-order valence-electron chi connectivity index (χ1n) is 7.52. The molecule has 4 heteroatoms. The van der Waals surface area contributed by atoms with Gasteiger partial charge in [0.05, 0.1) is 0 Å². The molecule has 24 heavy (non-hydrogen) atoms. The molecule has 0 aliphatic carbocycles. The number of nitrogens with zero attached hydrogens (tertiary/aromatic N) is 2. The van der Waals surface area contributed by atoms with Crippen molar-refractivity contribution in [2.45, 2.75) is 0 Å². The van der Waals surface area contributed by atoms with Crippen molar-refractivity contribution in [2.24, 2.45) is 0 Å². The first kappa shape index (κ1) is 14.7. The zero-order valence-electron chi connectivity index (χ0n) is 12.7. The Bertz CT molecular complexity index is 982. The Balaban J connectivity index is 1.57. The van der Waals surface area contributed by atoms with Gasteiger partial charge in [-0.3, -0.25) is 0 Å². The van der Waals surface area contributed by atoms with Crippen LogP contribution in [0.1, 0.15) is 0 Å². The molecule has 0 saturated carbocycles. The first-order chi connectivity index (χ1) is 11.8. The molecule has 1 aromatic heterocycles. The van der Waals surface area contributed by atoms with Crippen molar-refractivity contribution in [3.63, 3.8) is 0 Å². The highest BCUT2D eigenvalue weighted by atomic mass is 35.5. The Morgan fingerprint density at radius 3 is 2.17 bits per heavy atom. The Morgan fingerprint density at radius 2 is 1.42 bits per heavy atom. The van der Waals surface area contributed by atoms with E-state index in [-0.39, 0.29) is 0 Å². The summed E-state index contributed by atoms with van der Waals surface area (Å²) in [4.78, 5) is 8.57. The second-order valence-electron chi connectivity index (χ2n) is 5.37. The molecule has 4 rings (SSSR count). The van der Waals surface area contributed by atoms with Gasteiger partial charge < -0.3 is 4.74 Å². The SMILES string of the molecule is Clc1ccc(-c2cnc(Oc3ccc4ccccc4c3)nc2)cc1. The van der Waals surface area contributed by atoms with Crippen LogP contribution in [0, 0.1) is 0 Å². The Morgan fingerprint density at radius 1 is 0.708 bits per heavy atom. The van der Waals surface area contributed by atoms with Crippen LogP contribution in [-0.4, -0.2) is 9.97 Å². The summed E-state index contributed by atoms with van der Waals surface area (Å²) < 4.78 is 5.75. The lowest BCUT2D eigenvalue weighted by Gasteiger charge is -2.06. The standard InChI is InChI=1S/C20H13ClN2O/c21-18-8-5-15(6-9-18)17-12-22-20(23-13-17)24-19-10-7-14-3-1-2-4-16(14)11-19/h1-13H. The van der Waals surface area contributed by atoms with Gasteiger partial charge in [0, 0.05) is 23.0 Å². The monoisotopic (exact) mass is 332 g/mol. The maximum atomic E-state index is 5.90. The number of benzene rings is 3. The van der Waals surface area contributed by atoms with Gasteiger partial charge in [-0.05, 0) is 40.6 Å². The topological polar surface area (TPSA) is 35.0 Å². The van der Waals surface area contributed by atoms with Crippen LogP contribution in [-0.2, 0) is 0 Å². The fraction of sp³-hybridized carbons (Fsp3) is 0. The van der Waals surface area contributed by atoms with Gasteiger partial charge in [-0.15, -0.1) is 0 Å². The summed E-state index contributed by atoms with van der Waals surface area (Å²) >= 11 is 5.90. The van der Waals surface area contributed by atoms with Crippen LogP contribution in [0.5, 0.6) is 11.8 Å². The molecule has 116 valence electrons. The highest BCUT2D eigenvalue weighted by molar-refractivity contribution is 6.30. The largest absolute Gasteiger partial charge is 0.424 e. The number of hydrogen-bond acceptors (Lipinski definition) is 3. The highest BCUT2D eigenvalue weighted by Gasteiger charge is 2.04. The molecule has 0 unspecified atom stereocenters. The van der Waals surface area contributed by atoms with E-state index in [1.807, 2.05) is 60.7 Å². The molecule has 0 aliphatic heterocycles. The third kappa shape index (κ3) is 3.07. The van der Waals surface area contributed by atoms with E-state index in [9.17, 15) is 0 Å². The molecule has 4 aromatic rings. The predicted molar refractivity (Wildman–Crippen MR) is 96.5 cm³/mol. The minimum atomic E-state index is 0.322. The second kappa shape index (κ2) is 6.30. The van der Waals surface area contributed by atoms with Gasteiger partial charge in [0.1, 0.15) is 5.75 Å². The van der Waals surface area contributed by atoms with Crippen LogP contribution >= 0.6 is 11.6 Å². The zero-order chi connectivity index (χ0) is 16.4. The first-order valence-corrected chi connectivity index (χ1v) is 7.90. The van der Waals surface area contributed by atoms with Crippen molar-refractivity contribution >= 4 is 22.4 Å². The molecule has 0 amide bonds. The quantitative estimate of drug-likeness (QED) is 0.479. The lowest BCUT2D eigenvalue weighted by Crippen LogP contribution is -1.92. The predicted octanol–water partition coefficient (Wildman–Crippen LogP) is 5.74. The number of fused-ring (bicyclic) bond motifs is 1. The Hall–Kier alpha value is -2.91. The maximum absolute atomic E-state index is 5.90. The van der Waals surface area contributed by atoms with Gasteiger partial charge in [0.25, 0.3) is 0 Å². The van der Waals surface area contributed by atoms with Gasteiger partial charge in [-0.1, -0.05) is 54.1 Å². The second-order valence-corrected chi connectivity index (χ2v) is 5.81. The summed E-state index contributed by atoms with van der Waals surface area (Å²) in [5.41, 5.74) is 1.93. The van der Waals surface area contributed by atoms with Crippen LogP contribution in [0.15, 0.2) is 79.1 Å². The minimum Gasteiger partial charge on any atom is -0.424 e. The normalized spacial score (nSPS) is 10.7. The summed E-state index contributed by atoms with van der Waals surface area (Å²) in [5, 5.41) is 2.99. The van der Waals surface area contributed by atoms with Gasteiger partial charge in [-0.25, -0.2) is 9.97 Å². The van der Waals surface area contributed by atoms with Gasteiger partial charge in [0.2, 0.25) is 0 Å². The van der Waals surface area contributed by atoms with Crippen LogP contribution in [0.3, 0.4) is 0 Å². The molecule has 0 radical (unpaired) electrons. The molecular formula is C20H13ClN2O. The van der Waals surface area contributed by atoms with Gasteiger partial charge in [0.15, 0.2) is 0 Å². The molecule has 0 N–H and O–H groups in total. The number of halogens is 1. The van der Waals surface area contributed by atoms with Crippen molar-refractivity contribution in [1.82, 2.24) is 9.97 Å². The Kier molecular flexibility index (Phi) is 3.85. The van der Waals surface area contributed by atoms with Crippen LogP contribution < -0.4 is 4.74 Å². The highest BCUT2D eigenvalue weighted by Crippen LogP contribution is 2.25. The van der Waals surface area contributed by atoms with Crippen LogP contribution in [0.25, 0.3) is 21.9 Å². The maximum Gasteiger partial charge on any atom is 0.321 e. The molecule has 0 atom stereocenters.